The number of nitrogens with zero attached hydrogens (tertiary/aromatic N) is 2. The van der Waals surface area contributed by atoms with Crippen LogP contribution in [-0.2, 0) is 0 Å². The summed E-state index contributed by atoms with van der Waals surface area (Å²) in [5, 5.41) is 0. The van der Waals surface area contributed by atoms with Gasteiger partial charge in [-0.25, -0.2) is 0 Å². The van der Waals surface area contributed by atoms with Gasteiger partial charge in [-0.05, 0) is 59.4 Å². The maximum absolute atomic E-state index is 6.18. The Labute approximate surface area is 114 Å². The van der Waals surface area contributed by atoms with Crippen molar-refractivity contribution in [3.8, 4) is 0 Å². The van der Waals surface area contributed by atoms with Crippen molar-refractivity contribution in [2.24, 2.45) is 11.7 Å². The van der Waals surface area contributed by atoms with E-state index in [2.05, 4.69) is 37.9 Å². The van der Waals surface area contributed by atoms with Crippen molar-refractivity contribution < 1.29 is 0 Å². The van der Waals surface area contributed by atoms with Gasteiger partial charge < -0.3 is 10.6 Å². The summed E-state index contributed by atoms with van der Waals surface area (Å²) in [5.41, 5.74) is 6.46. The van der Waals surface area contributed by atoms with E-state index in [1.165, 1.54) is 51.6 Å². The lowest BCUT2D eigenvalue weighted by atomic mass is 9.70. The molecule has 3 nitrogen and oxygen atoms in total. The number of hydrogen-bond acceptors (Lipinski definition) is 3. The second-order valence-electron chi connectivity index (χ2n) is 6.24. The second kappa shape index (κ2) is 7.46. The molecule has 0 bridgehead atoms. The van der Waals surface area contributed by atoms with Gasteiger partial charge in [0.15, 0.2) is 0 Å². The molecule has 108 valence electrons. The van der Waals surface area contributed by atoms with Crippen molar-refractivity contribution >= 4 is 0 Å². The largest absolute Gasteiger partial charge is 0.329 e. The summed E-state index contributed by atoms with van der Waals surface area (Å²) in [7, 11) is 6.58. The quantitative estimate of drug-likeness (QED) is 0.757. The lowest BCUT2D eigenvalue weighted by Gasteiger charge is -2.50. The number of hydrogen-bond donors (Lipinski definition) is 1. The minimum Gasteiger partial charge on any atom is -0.329 e. The van der Waals surface area contributed by atoms with Gasteiger partial charge in [0.25, 0.3) is 0 Å². The van der Waals surface area contributed by atoms with Crippen LogP contribution in [0.3, 0.4) is 0 Å². The van der Waals surface area contributed by atoms with Gasteiger partial charge in [-0.2, -0.15) is 0 Å². The van der Waals surface area contributed by atoms with Crippen LogP contribution in [0.25, 0.3) is 0 Å². The molecule has 2 N–H and O–H groups in total. The predicted octanol–water partition coefficient (Wildman–Crippen LogP) is 2.17. The van der Waals surface area contributed by atoms with Crippen LogP contribution in [0.1, 0.15) is 45.4 Å². The van der Waals surface area contributed by atoms with Crippen molar-refractivity contribution in [3.63, 3.8) is 0 Å². The van der Waals surface area contributed by atoms with Crippen molar-refractivity contribution in [2.45, 2.75) is 51.0 Å². The predicted molar refractivity (Wildman–Crippen MR) is 79.8 cm³/mol. The minimum atomic E-state index is 0.277. The molecule has 1 saturated carbocycles. The molecule has 0 aromatic heterocycles. The van der Waals surface area contributed by atoms with Crippen LogP contribution in [-0.4, -0.2) is 56.1 Å². The summed E-state index contributed by atoms with van der Waals surface area (Å²) in [6, 6.07) is 0. The van der Waals surface area contributed by atoms with Gasteiger partial charge in [0.05, 0.1) is 0 Å². The molecule has 3 heteroatoms. The summed E-state index contributed by atoms with van der Waals surface area (Å²) in [6.45, 7) is 5.49. The fourth-order valence-electron chi connectivity index (χ4n) is 3.65. The Morgan fingerprint density at radius 1 is 1.17 bits per heavy atom. The molecule has 0 saturated heterocycles. The molecule has 0 aromatic rings. The summed E-state index contributed by atoms with van der Waals surface area (Å²) in [5.74, 6) is 0.792. The van der Waals surface area contributed by atoms with Crippen molar-refractivity contribution in [3.05, 3.63) is 0 Å². The summed E-state index contributed by atoms with van der Waals surface area (Å²) in [6.07, 6.45) is 7.92. The molecule has 18 heavy (non-hydrogen) atoms. The van der Waals surface area contributed by atoms with Crippen LogP contribution in [0, 0.1) is 5.92 Å². The third-order valence-corrected chi connectivity index (χ3v) is 4.88. The van der Waals surface area contributed by atoms with E-state index < -0.39 is 0 Å². The molecular weight excluding hydrogens is 222 g/mol. The highest BCUT2D eigenvalue weighted by molar-refractivity contribution is 4.98. The Morgan fingerprint density at radius 3 is 2.44 bits per heavy atom. The zero-order chi connectivity index (χ0) is 13.6. The lowest BCUT2D eigenvalue weighted by molar-refractivity contribution is 0.0217. The van der Waals surface area contributed by atoms with Gasteiger partial charge in [-0.1, -0.05) is 26.2 Å². The van der Waals surface area contributed by atoms with E-state index in [1.54, 1.807) is 0 Å². The number of nitrogens with two attached hydrogens (primary N) is 1. The molecule has 2 atom stereocenters. The van der Waals surface area contributed by atoms with Crippen LogP contribution in [0.15, 0.2) is 0 Å². The third kappa shape index (κ3) is 3.69. The topological polar surface area (TPSA) is 32.5 Å². The molecule has 1 aliphatic rings. The first kappa shape index (κ1) is 15.9. The van der Waals surface area contributed by atoms with Gasteiger partial charge in [-0.15, -0.1) is 0 Å². The second-order valence-corrected chi connectivity index (χ2v) is 6.24. The zero-order valence-electron chi connectivity index (χ0n) is 12.9. The monoisotopic (exact) mass is 255 g/mol. The van der Waals surface area contributed by atoms with Crippen molar-refractivity contribution in [1.29, 1.82) is 0 Å². The van der Waals surface area contributed by atoms with E-state index >= 15 is 0 Å². The smallest absolute Gasteiger partial charge is 0.0356 e. The molecule has 0 spiro atoms. The zero-order valence-corrected chi connectivity index (χ0v) is 12.9. The summed E-state index contributed by atoms with van der Waals surface area (Å²) in [4.78, 5) is 4.84. The standard InChI is InChI=1S/C15H33N3/c1-5-14-9-6-7-10-15(14,13-16)18(4)12-8-11-17(2)3/h14H,5-13,16H2,1-4H3. The lowest BCUT2D eigenvalue weighted by Crippen LogP contribution is -2.58. The van der Waals surface area contributed by atoms with E-state index in [0.29, 0.717) is 0 Å². The molecule has 2 unspecified atom stereocenters. The summed E-state index contributed by atoms with van der Waals surface area (Å²) >= 11 is 0. The highest BCUT2D eigenvalue weighted by atomic mass is 15.2. The fraction of sp³-hybridized carbons (Fsp3) is 1.00. The van der Waals surface area contributed by atoms with Gasteiger partial charge >= 0.3 is 0 Å². The minimum absolute atomic E-state index is 0.277. The molecule has 0 radical (unpaired) electrons. The van der Waals surface area contributed by atoms with Crippen LogP contribution in [0.2, 0.25) is 0 Å². The Balaban J connectivity index is 2.60. The van der Waals surface area contributed by atoms with Crippen LogP contribution >= 0.6 is 0 Å². The van der Waals surface area contributed by atoms with Crippen LogP contribution in [0.4, 0.5) is 0 Å². The molecule has 1 fully saturated rings. The number of likely N-dealkylation sites (N-methyl/N-ethyl adjacent to an activating group) is 1. The average Bonchev–Trinajstić information content (AvgIpc) is 2.37. The molecule has 0 amide bonds. The highest BCUT2D eigenvalue weighted by Gasteiger charge is 2.41. The molecule has 0 aromatic carbocycles. The van der Waals surface area contributed by atoms with E-state index in [4.69, 9.17) is 5.73 Å². The van der Waals surface area contributed by atoms with Crippen LogP contribution < -0.4 is 5.73 Å². The molecular formula is C15H33N3. The van der Waals surface area contributed by atoms with Gasteiger partial charge in [-0.3, -0.25) is 4.90 Å². The maximum Gasteiger partial charge on any atom is 0.0356 e. The Morgan fingerprint density at radius 2 is 1.89 bits per heavy atom. The number of rotatable bonds is 7. The first-order valence-electron chi connectivity index (χ1n) is 7.63. The van der Waals surface area contributed by atoms with Gasteiger partial charge in [0.1, 0.15) is 0 Å². The average molecular weight is 255 g/mol. The fourth-order valence-corrected chi connectivity index (χ4v) is 3.65. The Kier molecular flexibility index (Phi) is 6.61. The first-order valence-corrected chi connectivity index (χ1v) is 7.63. The van der Waals surface area contributed by atoms with Gasteiger partial charge in [0, 0.05) is 12.1 Å². The van der Waals surface area contributed by atoms with E-state index in [-0.39, 0.29) is 5.54 Å². The first-order chi connectivity index (χ1) is 8.56. The highest BCUT2D eigenvalue weighted by Crippen LogP contribution is 2.39. The van der Waals surface area contributed by atoms with E-state index in [0.717, 1.165) is 12.5 Å². The van der Waals surface area contributed by atoms with Crippen LogP contribution in [0.5, 0.6) is 0 Å². The Bertz CT molecular complexity index is 230. The normalized spacial score (nSPS) is 29.2. The van der Waals surface area contributed by atoms with Crippen molar-refractivity contribution in [1.82, 2.24) is 9.80 Å². The summed E-state index contributed by atoms with van der Waals surface area (Å²) < 4.78 is 0. The van der Waals surface area contributed by atoms with E-state index in [1.807, 2.05) is 0 Å². The molecule has 1 aliphatic carbocycles. The molecule has 0 heterocycles. The molecule has 1 rings (SSSR count). The SMILES string of the molecule is CCC1CCCCC1(CN)N(C)CCCN(C)C. The van der Waals surface area contributed by atoms with Crippen molar-refractivity contribution in [2.75, 3.05) is 40.8 Å². The Hall–Kier alpha value is -0.120. The third-order valence-electron chi connectivity index (χ3n) is 4.88. The van der Waals surface area contributed by atoms with E-state index in [9.17, 15) is 0 Å². The molecule has 0 aliphatic heterocycles. The van der Waals surface area contributed by atoms with Gasteiger partial charge in [0.2, 0.25) is 0 Å². The maximum atomic E-state index is 6.18.